The number of likely N-dealkylation sites (tertiary alicyclic amines) is 1. The minimum absolute atomic E-state index is 0.0708. The summed E-state index contributed by atoms with van der Waals surface area (Å²) in [5, 5.41) is 9.06. The number of likely N-dealkylation sites (N-methyl/N-ethyl adjacent to an activating group) is 1. The first-order valence-electron chi connectivity index (χ1n) is 8.28. The van der Waals surface area contributed by atoms with E-state index in [4.69, 9.17) is 5.11 Å². The maximum Gasteiger partial charge on any atom is 0.308 e. The molecule has 0 bridgehead atoms. The van der Waals surface area contributed by atoms with E-state index in [0.717, 1.165) is 0 Å². The van der Waals surface area contributed by atoms with Crippen molar-refractivity contribution in [3.05, 3.63) is 0 Å². The molecule has 2 rings (SSSR count). The zero-order chi connectivity index (χ0) is 17.0. The van der Waals surface area contributed by atoms with Gasteiger partial charge in [0.15, 0.2) is 0 Å². The molecule has 7 heteroatoms. The number of amides is 2. The summed E-state index contributed by atoms with van der Waals surface area (Å²) in [5.74, 6) is -2.18. The molecule has 1 heterocycles. The molecular weight excluding hydrogens is 303 g/mol. The van der Waals surface area contributed by atoms with E-state index in [1.165, 1.54) is 9.80 Å². The average Bonchev–Trinajstić information content (AvgIpc) is 2.54. The number of alkyl halides is 1. The quantitative estimate of drug-likeness (QED) is 0.844. The first kappa shape index (κ1) is 17.7. The monoisotopic (exact) mass is 328 g/mol. The predicted octanol–water partition coefficient (Wildman–Crippen LogP) is 1.30. The summed E-state index contributed by atoms with van der Waals surface area (Å²) >= 11 is 0. The molecule has 2 aliphatic rings. The fourth-order valence-corrected chi connectivity index (χ4v) is 3.45. The van der Waals surface area contributed by atoms with Gasteiger partial charge in [-0.2, -0.15) is 0 Å². The number of nitrogens with zero attached hydrogens (tertiary/aromatic N) is 2. The molecule has 6 nitrogen and oxygen atoms in total. The number of halogens is 1. The first-order valence-corrected chi connectivity index (χ1v) is 8.28. The number of carboxylic acids is 1. The van der Waals surface area contributed by atoms with Crippen molar-refractivity contribution in [2.45, 2.75) is 44.7 Å². The zero-order valence-electron chi connectivity index (χ0n) is 13.5. The van der Waals surface area contributed by atoms with E-state index in [1.807, 2.05) is 0 Å². The first-order chi connectivity index (χ1) is 10.9. The van der Waals surface area contributed by atoms with Crippen LogP contribution in [-0.2, 0) is 14.4 Å². The highest BCUT2D eigenvalue weighted by molar-refractivity contribution is 5.86. The molecule has 0 aromatic carbocycles. The number of hydrogen-bond donors (Lipinski definition) is 1. The lowest BCUT2D eigenvalue weighted by molar-refractivity contribution is -0.148. The fourth-order valence-electron chi connectivity index (χ4n) is 3.45. The lowest BCUT2D eigenvalue weighted by atomic mass is 9.87. The van der Waals surface area contributed by atoms with E-state index < -0.39 is 18.1 Å². The number of piperidine rings is 1. The Kier molecular flexibility index (Phi) is 5.96. The largest absolute Gasteiger partial charge is 0.481 e. The Morgan fingerprint density at radius 1 is 1.17 bits per heavy atom. The maximum absolute atomic E-state index is 13.4. The highest BCUT2D eigenvalue weighted by Crippen LogP contribution is 2.27. The molecule has 0 aromatic rings. The third-order valence-electron chi connectivity index (χ3n) is 4.83. The Balaban J connectivity index is 1.86. The number of aliphatic carboxylic acids is 1. The van der Waals surface area contributed by atoms with E-state index in [2.05, 4.69) is 0 Å². The molecule has 23 heavy (non-hydrogen) atoms. The van der Waals surface area contributed by atoms with E-state index in [1.54, 1.807) is 7.05 Å². The summed E-state index contributed by atoms with van der Waals surface area (Å²) < 4.78 is 13.4. The number of carbonyl (C=O) groups is 3. The molecule has 1 aliphatic heterocycles. The Morgan fingerprint density at radius 2 is 1.87 bits per heavy atom. The van der Waals surface area contributed by atoms with Gasteiger partial charge in [-0.05, 0) is 38.5 Å². The van der Waals surface area contributed by atoms with Gasteiger partial charge in [0.05, 0.1) is 12.5 Å². The van der Waals surface area contributed by atoms with Gasteiger partial charge in [0.2, 0.25) is 11.8 Å². The smallest absolute Gasteiger partial charge is 0.308 e. The van der Waals surface area contributed by atoms with E-state index >= 15 is 0 Å². The van der Waals surface area contributed by atoms with Crippen LogP contribution in [0.1, 0.15) is 38.5 Å². The van der Waals surface area contributed by atoms with Crippen molar-refractivity contribution in [1.82, 2.24) is 9.80 Å². The average molecular weight is 328 g/mol. The minimum Gasteiger partial charge on any atom is -0.481 e. The van der Waals surface area contributed by atoms with Crippen molar-refractivity contribution in [3.63, 3.8) is 0 Å². The molecule has 1 N–H and O–H groups in total. The van der Waals surface area contributed by atoms with Gasteiger partial charge in [-0.1, -0.05) is 0 Å². The van der Waals surface area contributed by atoms with Crippen molar-refractivity contribution in [2.24, 2.45) is 11.8 Å². The normalized spacial score (nSPS) is 28.3. The molecule has 0 spiro atoms. The summed E-state index contributed by atoms with van der Waals surface area (Å²) in [4.78, 5) is 38.5. The molecule has 2 fully saturated rings. The lowest BCUT2D eigenvalue weighted by Crippen LogP contribution is -2.48. The van der Waals surface area contributed by atoms with Crippen LogP contribution in [0.25, 0.3) is 0 Å². The molecule has 0 aromatic heterocycles. The Bertz CT molecular complexity index is 471. The third-order valence-corrected chi connectivity index (χ3v) is 4.83. The second-order valence-electron chi connectivity index (χ2n) is 6.67. The van der Waals surface area contributed by atoms with Crippen LogP contribution in [0.4, 0.5) is 4.39 Å². The SMILES string of the molecule is CN(CC(=O)N1CCCC(C(=O)O)C1)C(=O)C1CCCC(F)C1. The van der Waals surface area contributed by atoms with Crippen LogP contribution >= 0.6 is 0 Å². The van der Waals surface area contributed by atoms with Crippen molar-refractivity contribution in [1.29, 1.82) is 0 Å². The van der Waals surface area contributed by atoms with Gasteiger partial charge in [0, 0.05) is 26.1 Å². The second-order valence-corrected chi connectivity index (χ2v) is 6.67. The molecule has 1 saturated carbocycles. The highest BCUT2D eigenvalue weighted by Gasteiger charge is 2.32. The molecule has 130 valence electrons. The Labute approximate surface area is 135 Å². The van der Waals surface area contributed by atoms with Crippen molar-refractivity contribution in [3.8, 4) is 0 Å². The standard InChI is InChI=1S/C16H25FN2O4/c1-18(15(21)11-4-2-6-13(17)8-11)10-14(20)19-7-3-5-12(9-19)16(22)23/h11-13H,2-10H2,1H3,(H,22,23). The molecule has 0 radical (unpaired) electrons. The van der Waals surface area contributed by atoms with Gasteiger partial charge in [-0.15, -0.1) is 0 Å². The van der Waals surface area contributed by atoms with E-state index in [-0.39, 0.29) is 37.2 Å². The highest BCUT2D eigenvalue weighted by atomic mass is 19.1. The molecule has 1 saturated heterocycles. The van der Waals surface area contributed by atoms with Crippen molar-refractivity contribution in [2.75, 3.05) is 26.7 Å². The van der Waals surface area contributed by atoms with Gasteiger partial charge in [0.1, 0.15) is 6.17 Å². The Hall–Kier alpha value is -1.66. The van der Waals surface area contributed by atoms with Crippen LogP contribution in [0.5, 0.6) is 0 Å². The van der Waals surface area contributed by atoms with Gasteiger partial charge in [0.25, 0.3) is 0 Å². The van der Waals surface area contributed by atoms with Crippen LogP contribution in [0.3, 0.4) is 0 Å². The van der Waals surface area contributed by atoms with Crippen LogP contribution in [-0.4, -0.2) is 65.5 Å². The maximum atomic E-state index is 13.4. The molecule has 3 unspecified atom stereocenters. The van der Waals surface area contributed by atoms with Crippen molar-refractivity contribution >= 4 is 17.8 Å². The molecule has 1 aliphatic carbocycles. The van der Waals surface area contributed by atoms with Gasteiger partial charge in [-0.25, -0.2) is 4.39 Å². The third kappa shape index (κ3) is 4.65. The molecular formula is C16H25FN2O4. The van der Waals surface area contributed by atoms with Gasteiger partial charge in [-0.3, -0.25) is 14.4 Å². The van der Waals surface area contributed by atoms with Crippen molar-refractivity contribution < 1.29 is 23.9 Å². The van der Waals surface area contributed by atoms with Gasteiger partial charge >= 0.3 is 5.97 Å². The van der Waals surface area contributed by atoms with Gasteiger partial charge < -0.3 is 14.9 Å². The van der Waals surface area contributed by atoms with Crippen LogP contribution < -0.4 is 0 Å². The van der Waals surface area contributed by atoms with E-state index in [0.29, 0.717) is 38.6 Å². The summed E-state index contributed by atoms with van der Waals surface area (Å²) in [6.07, 6.45) is 2.42. The summed E-state index contributed by atoms with van der Waals surface area (Å²) in [7, 11) is 1.56. The predicted molar refractivity (Wildman–Crippen MR) is 81.4 cm³/mol. The number of hydrogen-bond acceptors (Lipinski definition) is 3. The topological polar surface area (TPSA) is 77.9 Å². The number of rotatable bonds is 4. The summed E-state index contributed by atoms with van der Waals surface area (Å²) in [6.45, 7) is 0.658. The fraction of sp³-hybridized carbons (Fsp3) is 0.812. The van der Waals surface area contributed by atoms with Crippen LogP contribution in [0.2, 0.25) is 0 Å². The summed E-state index contributed by atoms with van der Waals surface area (Å²) in [6, 6.07) is 0. The Morgan fingerprint density at radius 3 is 2.52 bits per heavy atom. The number of carbonyl (C=O) groups excluding carboxylic acids is 2. The van der Waals surface area contributed by atoms with Crippen LogP contribution in [0, 0.1) is 11.8 Å². The summed E-state index contributed by atoms with van der Waals surface area (Å²) in [5.41, 5.74) is 0. The molecule has 3 atom stereocenters. The minimum atomic E-state index is -0.930. The second kappa shape index (κ2) is 7.75. The van der Waals surface area contributed by atoms with Crippen LogP contribution in [0.15, 0.2) is 0 Å². The zero-order valence-corrected chi connectivity index (χ0v) is 13.5. The molecule has 2 amide bonds. The lowest BCUT2D eigenvalue weighted by Gasteiger charge is -2.33. The van der Waals surface area contributed by atoms with E-state index in [9.17, 15) is 18.8 Å². The number of carboxylic acid groups (broad SMARTS) is 1.